The van der Waals surface area contributed by atoms with Crippen LogP contribution in [0.5, 0.6) is 0 Å². The second-order valence-electron chi connectivity index (χ2n) is 7.75. The van der Waals surface area contributed by atoms with E-state index in [0.29, 0.717) is 19.5 Å². The van der Waals surface area contributed by atoms with Crippen LogP contribution in [0, 0.1) is 0 Å². The number of benzene rings is 2. The number of rotatable bonds is 10. The molecule has 0 heterocycles. The third-order valence-corrected chi connectivity index (χ3v) is 5.24. The van der Waals surface area contributed by atoms with Gasteiger partial charge in [-0.1, -0.05) is 74.0 Å². The van der Waals surface area contributed by atoms with Crippen LogP contribution in [0.3, 0.4) is 0 Å². The summed E-state index contributed by atoms with van der Waals surface area (Å²) >= 11 is 0. The van der Waals surface area contributed by atoms with E-state index >= 15 is 0 Å². The third-order valence-electron chi connectivity index (χ3n) is 5.24. The molecule has 2 atom stereocenters. The van der Waals surface area contributed by atoms with E-state index in [9.17, 15) is 9.90 Å². The van der Waals surface area contributed by atoms with E-state index in [4.69, 9.17) is 5.73 Å². The predicted molar refractivity (Wildman–Crippen MR) is 111 cm³/mol. The van der Waals surface area contributed by atoms with Gasteiger partial charge in [-0.2, -0.15) is 0 Å². The number of amides is 1. The van der Waals surface area contributed by atoms with Gasteiger partial charge in [0.15, 0.2) is 0 Å². The van der Waals surface area contributed by atoms with Crippen molar-refractivity contribution < 1.29 is 9.90 Å². The van der Waals surface area contributed by atoms with E-state index in [1.807, 2.05) is 43.3 Å². The van der Waals surface area contributed by atoms with Gasteiger partial charge in [-0.3, -0.25) is 15.4 Å². The molecule has 28 heavy (non-hydrogen) atoms. The van der Waals surface area contributed by atoms with Crippen molar-refractivity contribution >= 4 is 5.91 Å². The lowest BCUT2D eigenvalue weighted by Crippen LogP contribution is -2.66. The predicted octanol–water partition coefficient (Wildman–Crippen LogP) is 2.78. The monoisotopic (exact) mass is 381 g/mol. The van der Waals surface area contributed by atoms with Crippen LogP contribution >= 0.6 is 0 Å². The highest BCUT2D eigenvalue weighted by atomic mass is 16.3. The summed E-state index contributed by atoms with van der Waals surface area (Å²) in [6.45, 7) is 3.26. The summed E-state index contributed by atoms with van der Waals surface area (Å²) in [4.78, 5) is 14.9. The van der Waals surface area contributed by atoms with Gasteiger partial charge in [0.2, 0.25) is 5.72 Å². The molecule has 5 heteroatoms. The second-order valence-corrected chi connectivity index (χ2v) is 7.75. The average molecular weight is 382 g/mol. The largest absolute Gasteiger partial charge is 0.366 e. The van der Waals surface area contributed by atoms with Crippen molar-refractivity contribution in [3.8, 4) is 0 Å². The molecular formula is C23H31N3O2. The molecule has 1 fully saturated rings. The van der Waals surface area contributed by atoms with Crippen LogP contribution in [0.15, 0.2) is 60.7 Å². The molecule has 0 unspecified atom stereocenters. The maximum Gasteiger partial charge on any atom is 0.268 e. The number of aliphatic hydroxyl groups is 1. The summed E-state index contributed by atoms with van der Waals surface area (Å²) in [6, 6.07) is 19.9. The minimum Gasteiger partial charge on any atom is -0.366 e. The second kappa shape index (κ2) is 9.32. The molecule has 2 aromatic carbocycles. The fourth-order valence-electron chi connectivity index (χ4n) is 3.55. The Hall–Kier alpha value is -2.21. The summed E-state index contributed by atoms with van der Waals surface area (Å²) < 4.78 is 0. The van der Waals surface area contributed by atoms with Crippen LogP contribution in [0.2, 0.25) is 0 Å². The Morgan fingerprint density at radius 2 is 1.61 bits per heavy atom. The Bertz CT molecular complexity index is 703. The van der Waals surface area contributed by atoms with Crippen molar-refractivity contribution in [1.29, 1.82) is 0 Å². The maximum atomic E-state index is 12.7. The Balaban J connectivity index is 1.87. The van der Waals surface area contributed by atoms with Gasteiger partial charge in [0, 0.05) is 19.1 Å². The first-order valence-corrected chi connectivity index (χ1v) is 10.1. The first-order valence-electron chi connectivity index (χ1n) is 10.1. The van der Waals surface area contributed by atoms with E-state index in [1.165, 1.54) is 0 Å². The molecule has 1 aliphatic rings. The average Bonchev–Trinajstić information content (AvgIpc) is 3.51. The van der Waals surface area contributed by atoms with Crippen molar-refractivity contribution in [3.63, 3.8) is 0 Å². The zero-order chi connectivity index (χ0) is 20.0. The smallest absolute Gasteiger partial charge is 0.268 e. The van der Waals surface area contributed by atoms with E-state index in [-0.39, 0.29) is 6.04 Å². The maximum absolute atomic E-state index is 12.7. The quantitative estimate of drug-likeness (QED) is 0.553. The van der Waals surface area contributed by atoms with Gasteiger partial charge < -0.3 is 10.4 Å². The molecule has 3 rings (SSSR count). The lowest BCUT2D eigenvalue weighted by molar-refractivity contribution is -0.149. The Kier molecular flexibility index (Phi) is 6.83. The zero-order valence-electron chi connectivity index (χ0n) is 16.6. The molecule has 0 aliphatic heterocycles. The number of carbonyl (C=O) groups is 1. The first-order chi connectivity index (χ1) is 13.5. The molecule has 0 bridgehead atoms. The Morgan fingerprint density at radius 1 is 1.11 bits per heavy atom. The number of hydrogen-bond donors (Lipinski definition) is 3. The van der Waals surface area contributed by atoms with Crippen LogP contribution in [0.4, 0.5) is 0 Å². The SMILES string of the molecule is CCC[C@H](N(Cc1ccccc1)Cc1ccccc1)[C@@](N)(O)C(=O)NC1CC1. The number of nitrogens with one attached hydrogen (secondary N) is 1. The topological polar surface area (TPSA) is 78.6 Å². The van der Waals surface area contributed by atoms with Gasteiger partial charge >= 0.3 is 0 Å². The van der Waals surface area contributed by atoms with Crippen molar-refractivity contribution in [2.24, 2.45) is 5.73 Å². The fourth-order valence-corrected chi connectivity index (χ4v) is 3.55. The van der Waals surface area contributed by atoms with Crippen molar-refractivity contribution in [2.45, 2.75) is 63.5 Å². The van der Waals surface area contributed by atoms with E-state index in [2.05, 4.69) is 34.5 Å². The molecule has 1 saturated carbocycles. The zero-order valence-corrected chi connectivity index (χ0v) is 16.6. The minimum absolute atomic E-state index is 0.154. The van der Waals surface area contributed by atoms with E-state index < -0.39 is 17.7 Å². The van der Waals surface area contributed by atoms with Crippen LogP contribution in [0.1, 0.15) is 43.7 Å². The molecular weight excluding hydrogens is 350 g/mol. The number of nitrogens with zero attached hydrogens (tertiary/aromatic N) is 1. The summed E-state index contributed by atoms with van der Waals surface area (Å²) in [5.74, 6) is -0.473. The van der Waals surface area contributed by atoms with Gasteiger partial charge in [-0.25, -0.2) is 0 Å². The molecule has 2 aromatic rings. The van der Waals surface area contributed by atoms with Crippen LogP contribution < -0.4 is 11.1 Å². The van der Waals surface area contributed by atoms with Gasteiger partial charge in [0.05, 0.1) is 6.04 Å². The van der Waals surface area contributed by atoms with E-state index in [0.717, 1.165) is 30.4 Å². The standard InChI is InChI=1S/C23H31N3O2/c1-2-9-21(23(24,28)22(27)25-20-14-15-20)26(16-18-10-5-3-6-11-18)17-19-12-7-4-8-13-19/h3-8,10-13,20-21,28H,2,9,14-17,24H2,1H3,(H,25,27)/t21-,23+/m0/s1. The fraction of sp³-hybridized carbons (Fsp3) is 0.435. The first kappa shape index (κ1) is 20.5. The summed E-state index contributed by atoms with van der Waals surface area (Å²) in [6.07, 6.45) is 3.36. The number of hydrogen-bond acceptors (Lipinski definition) is 4. The Labute approximate surface area is 167 Å². The molecule has 0 radical (unpaired) electrons. The van der Waals surface area contributed by atoms with Gasteiger partial charge in [0.1, 0.15) is 0 Å². The van der Waals surface area contributed by atoms with Crippen LogP contribution in [-0.2, 0) is 17.9 Å². The van der Waals surface area contributed by atoms with E-state index in [1.54, 1.807) is 0 Å². The highest BCUT2D eigenvalue weighted by Crippen LogP contribution is 2.25. The molecule has 1 aliphatic carbocycles. The van der Waals surface area contributed by atoms with Crippen molar-refractivity contribution in [1.82, 2.24) is 10.2 Å². The molecule has 1 amide bonds. The molecule has 4 N–H and O–H groups in total. The molecule has 0 spiro atoms. The number of nitrogens with two attached hydrogens (primary N) is 1. The molecule has 0 aromatic heterocycles. The molecule has 5 nitrogen and oxygen atoms in total. The lowest BCUT2D eigenvalue weighted by atomic mass is 9.95. The highest BCUT2D eigenvalue weighted by Gasteiger charge is 2.44. The van der Waals surface area contributed by atoms with Crippen LogP contribution in [0.25, 0.3) is 0 Å². The summed E-state index contributed by atoms with van der Waals surface area (Å²) in [7, 11) is 0. The van der Waals surface area contributed by atoms with Gasteiger partial charge in [-0.05, 0) is 30.4 Å². The van der Waals surface area contributed by atoms with Gasteiger partial charge in [-0.15, -0.1) is 0 Å². The lowest BCUT2D eigenvalue weighted by Gasteiger charge is -2.40. The van der Waals surface area contributed by atoms with Crippen molar-refractivity contribution in [2.75, 3.05) is 0 Å². The van der Waals surface area contributed by atoms with Gasteiger partial charge in [0.25, 0.3) is 5.91 Å². The minimum atomic E-state index is -1.94. The Morgan fingerprint density at radius 3 is 2.04 bits per heavy atom. The highest BCUT2D eigenvalue weighted by molar-refractivity contribution is 5.85. The summed E-state index contributed by atoms with van der Waals surface area (Å²) in [5.41, 5.74) is 6.58. The third kappa shape index (κ3) is 5.41. The van der Waals surface area contributed by atoms with Crippen molar-refractivity contribution in [3.05, 3.63) is 71.8 Å². The van der Waals surface area contributed by atoms with Crippen LogP contribution in [-0.4, -0.2) is 33.7 Å². The summed E-state index contributed by atoms with van der Waals surface area (Å²) in [5, 5.41) is 14.0. The molecule has 0 saturated heterocycles. The molecule has 150 valence electrons. The normalized spacial score (nSPS) is 17.1. The number of carbonyl (C=O) groups excluding carboxylic acids is 1.